The van der Waals surface area contributed by atoms with E-state index >= 15 is 0 Å². The predicted molar refractivity (Wildman–Crippen MR) is 163 cm³/mol. The average molecular weight is 721 g/mol. The summed E-state index contributed by atoms with van der Waals surface area (Å²) in [5, 5.41) is 10.7. The van der Waals surface area contributed by atoms with Crippen LogP contribution in [0.25, 0.3) is 0 Å². The SMILES string of the molecule is C[C@@]12C(=O)N(c3ccc(F)c(Cl)c3)C(=O)[C@@H]1C[C@@H]1C(=CC[C@@H]3C(=O)N(c4cc(C(F)(F)F)cc(C(F)(F)F)c4)C(=O)[C@@H]31)[C@@H]2c1ccccc1O. The third-order valence-electron chi connectivity index (χ3n) is 10.5. The number of allylic oxidation sites excluding steroid dienone is 2. The maximum absolute atomic E-state index is 14.4. The number of imide groups is 2. The number of benzene rings is 3. The van der Waals surface area contributed by atoms with Crippen LogP contribution < -0.4 is 9.80 Å². The van der Waals surface area contributed by atoms with Crippen molar-refractivity contribution in [1.29, 1.82) is 0 Å². The molecule has 2 aliphatic carbocycles. The molecule has 6 atom stereocenters. The highest BCUT2D eigenvalue weighted by molar-refractivity contribution is 6.32. The van der Waals surface area contributed by atoms with Crippen molar-refractivity contribution in [2.75, 3.05) is 9.80 Å². The fourth-order valence-electron chi connectivity index (χ4n) is 8.28. The summed E-state index contributed by atoms with van der Waals surface area (Å²) in [5.74, 6) is -10.3. The van der Waals surface area contributed by atoms with E-state index in [-0.39, 0.29) is 40.9 Å². The van der Waals surface area contributed by atoms with Gasteiger partial charge in [-0.15, -0.1) is 0 Å². The largest absolute Gasteiger partial charge is 0.508 e. The van der Waals surface area contributed by atoms with Crippen molar-refractivity contribution in [3.05, 3.63) is 99.8 Å². The summed E-state index contributed by atoms with van der Waals surface area (Å²) in [4.78, 5) is 57.7. The molecule has 3 aromatic carbocycles. The highest BCUT2D eigenvalue weighted by Crippen LogP contribution is 2.64. The van der Waals surface area contributed by atoms with Gasteiger partial charge in [0.05, 0.1) is 50.7 Å². The van der Waals surface area contributed by atoms with Gasteiger partial charge in [0.25, 0.3) is 0 Å². The molecule has 1 N–H and O–H groups in total. The molecular formula is C35H24ClF7N2O5. The van der Waals surface area contributed by atoms with Gasteiger partial charge in [-0.2, -0.15) is 26.3 Å². The van der Waals surface area contributed by atoms with Gasteiger partial charge in [-0.05, 0) is 68.1 Å². The van der Waals surface area contributed by atoms with Gasteiger partial charge < -0.3 is 5.11 Å². The number of aromatic hydroxyl groups is 1. The van der Waals surface area contributed by atoms with Crippen LogP contribution in [-0.2, 0) is 31.5 Å². The third-order valence-corrected chi connectivity index (χ3v) is 10.8. The van der Waals surface area contributed by atoms with E-state index in [4.69, 9.17) is 11.6 Å². The number of anilines is 2. The molecule has 0 unspecified atom stereocenters. The molecular weight excluding hydrogens is 697 g/mol. The molecule has 3 aromatic rings. The van der Waals surface area contributed by atoms with Gasteiger partial charge in [0, 0.05) is 11.5 Å². The van der Waals surface area contributed by atoms with Crippen molar-refractivity contribution in [3.63, 3.8) is 0 Å². The number of rotatable bonds is 3. The number of amides is 4. The fourth-order valence-corrected chi connectivity index (χ4v) is 8.46. The van der Waals surface area contributed by atoms with E-state index in [2.05, 4.69) is 0 Å². The molecule has 0 spiro atoms. The molecule has 15 heteroatoms. The number of halogens is 8. The van der Waals surface area contributed by atoms with Gasteiger partial charge in [0.1, 0.15) is 11.6 Å². The monoisotopic (exact) mass is 720 g/mol. The first-order valence-electron chi connectivity index (χ1n) is 15.3. The summed E-state index contributed by atoms with van der Waals surface area (Å²) >= 11 is 5.98. The van der Waals surface area contributed by atoms with Crippen LogP contribution in [0.3, 0.4) is 0 Å². The minimum absolute atomic E-state index is 0.0313. The van der Waals surface area contributed by atoms with E-state index in [1.54, 1.807) is 12.1 Å². The van der Waals surface area contributed by atoms with Gasteiger partial charge in [0.2, 0.25) is 23.6 Å². The maximum Gasteiger partial charge on any atom is 0.416 e. The number of alkyl halides is 6. The molecule has 2 aliphatic heterocycles. The Labute approximate surface area is 283 Å². The Morgan fingerprint density at radius 2 is 1.44 bits per heavy atom. The lowest BCUT2D eigenvalue weighted by molar-refractivity contribution is -0.143. The minimum Gasteiger partial charge on any atom is -0.508 e. The number of phenolic OH excluding ortho intramolecular Hbond substituents is 1. The number of nitrogens with zero attached hydrogens (tertiary/aromatic N) is 2. The third kappa shape index (κ3) is 4.85. The number of carbonyl (C=O) groups is 4. The summed E-state index contributed by atoms with van der Waals surface area (Å²) in [6.07, 6.45) is -9.24. The van der Waals surface area contributed by atoms with Crippen LogP contribution in [-0.4, -0.2) is 28.7 Å². The Hall–Kier alpha value is -4.72. The maximum atomic E-state index is 14.4. The molecule has 260 valence electrons. The van der Waals surface area contributed by atoms with Crippen LogP contribution >= 0.6 is 11.6 Å². The number of fused-ring (bicyclic) bond motifs is 4. The number of hydrogen-bond donors (Lipinski definition) is 1. The van der Waals surface area contributed by atoms with Crippen molar-refractivity contribution in [3.8, 4) is 5.75 Å². The average Bonchev–Trinajstić information content (AvgIpc) is 3.41. The number of phenols is 1. The molecule has 2 saturated heterocycles. The second-order valence-electron chi connectivity index (χ2n) is 13.1. The van der Waals surface area contributed by atoms with Crippen LogP contribution in [0.4, 0.5) is 42.1 Å². The van der Waals surface area contributed by atoms with E-state index in [1.807, 2.05) is 0 Å². The van der Waals surface area contributed by atoms with Crippen molar-refractivity contribution in [2.24, 2.45) is 29.1 Å². The topological polar surface area (TPSA) is 95.0 Å². The molecule has 0 radical (unpaired) electrons. The zero-order valence-corrected chi connectivity index (χ0v) is 26.4. The first kappa shape index (κ1) is 33.8. The van der Waals surface area contributed by atoms with Gasteiger partial charge >= 0.3 is 12.4 Å². The second-order valence-corrected chi connectivity index (χ2v) is 13.5. The van der Waals surface area contributed by atoms with Crippen molar-refractivity contribution < 1.29 is 55.0 Å². The molecule has 7 rings (SSSR count). The molecule has 7 nitrogen and oxygen atoms in total. The lowest BCUT2D eigenvalue weighted by Crippen LogP contribution is -2.48. The Kier molecular flexibility index (Phi) is 7.52. The Morgan fingerprint density at radius 1 is 0.800 bits per heavy atom. The summed E-state index contributed by atoms with van der Waals surface area (Å²) in [7, 11) is 0. The zero-order chi connectivity index (χ0) is 36.2. The number of para-hydroxylation sites is 1. The van der Waals surface area contributed by atoms with Crippen molar-refractivity contribution in [1.82, 2.24) is 0 Å². The van der Waals surface area contributed by atoms with Crippen LogP contribution in [0.15, 0.2) is 72.3 Å². The van der Waals surface area contributed by atoms with E-state index in [0.717, 1.165) is 17.0 Å². The van der Waals surface area contributed by atoms with Crippen LogP contribution in [0.2, 0.25) is 5.02 Å². The Morgan fingerprint density at radius 3 is 2.04 bits per heavy atom. The first-order valence-corrected chi connectivity index (χ1v) is 15.7. The number of hydrogen-bond acceptors (Lipinski definition) is 5. The highest BCUT2D eigenvalue weighted by atomic mass is 35.5. The molecule has 1 saturated carbocycles. The minimum atomic E-state index is -5.24. The molecule has 50 heavy (non-hydrogen) atoms. The normalized spacial score (nSPS) is 28.1. The van der Waals surface area contributed by atoms with E-state index < -0.39 is 93.6 Å². The molecule has 4 amide bonds. The summed E-state index contributed by atoms with van der Waals surface area (Å²) in [5.41, 5.74) is -5.31. The van der Waals surface area contributed by atoms with Crippen LogP contribution in [0, 0.1) is 34.9 Å². The van der Waals surface area contributed by atoms with Gasteiger partial charge in [-0.1, -0.05) is 41.4 Å². The molecule has 2 heterocycles. The summed E-state index contributed by atoms with van der Waals surface area (Å²) < 4.78 is 96.4. The quantitative estimate of drug-likeness (QED) is 0.170. The lowest BCUT2D eigenvalue weighted by atomic mass is 9.51. The first-order chi connectivity index (χ1) is 23.4. The zero-order valence-electron chi connectivity index (χ0n) is 25.7. The van der Waals surface area contributed by atoms with Gasteiger partial charge in [-0.3, -0.25) is 19.2 Å². The Bertz CT molecular complexity index is 2010. The van der Waals surface area contributed by atoms with Crippen LogP contribution in [0.5, 0.6) is 5.75 Å². The molecule has 3 fully saturated rings. The molecule has 4 aliphatic rings. The second kappa shape index (κ2) is 11.1. The van der Waals surface area contributed by atoms with E-state index in [1.165, 1.54) is 31.2 Å². The molecule has 0 aromatic heterocycles. The number of carbonyl (C=O) groups excluding carboxylic acids is 4. The van der Waals surface area contributed by atoms with Gasteiger partial charge in [-0.25, -0.2) is 14.2 Å². The lowest BCUT2D eigenvalue weighted by Gasteiger charge is -2.49. The smallest absolute Gasteiger partial charge is 0.416 e. The molecule has 0 bridgehead atoms. The Balaban J connectivity index is 1.35. The highest BCUT2D eigenvalue weighted by Gasteiger charge is 2.68. The van der Waals surface area contributed by atoms with Crippen molar-refractivity contribution in [2.45, 2.75) is 38.0 Å². The van der Waals surface area contributed by atoms with Gasteiger partial charge in [0.15, 0.2) is 0 Å². The standard InChI is InChI=1S/C35H24ClF7N2O5/c1-33-23(30(48)45(32(33)50)17-6-9-25(37)24(36)13-17)14-22-19(28(33)20-4-2-3-5-26(20)46)7-8-21-27(22)31(49)44(29(21)47)18-11-15(34(38,39)40)10-16(12-18)35(41,42)43/h2-7,9-13,21-23,27-28,46H,8,14H2,1H3/t21-,22+,23-,27-,28+,33+/m0/s1. The van der Waals surface area contributed by atoms with E-state index in [0.29, 0.717) is 22.6 Å². The van der Waals surface area contributed by atoms with E-state index in [9.17, 15) is 55.0 Å². The predicted octanol–water partition coefficient (Wildman–Crippen LogP) is 7.66. The summed E-state index contributed by atoms with van der Waals surface area (Å²) in [6.45, 7) is 1.53. The fraction of sp³-hybridized carbons (Fsp3) is 0.314. The van der Waals surface area contributed by atoms with Crippen molar-refractivity contribution >= 4 is 46.6 Å². The van der Waals surface area contributed by atoms with Crippen LogP contribution in [0.1, 0.15) is 42.4 Å². The summed E-state index contributed by atoms with van der Waals surface area (Å²) in [6, 6.07) is 9.78.